The molecule has 0 bridgehead atoms. The molecule has 0 amide bonds. The lowest BCUT2D eigenvalue weighted by Gasteiger charge is -2.42. The molecule has 1 atom stereocenters. The third kappa shape index (κ3) is 6.65. The molecule has 1 saturated heterocycles. The molecule has 3 nitrogen and oxygen atoms in total. The molecule has 0 aromatic carbocycles. The van der Waals surface area contributed by atoms with Crippen LogP contribution in [0.15, 0.2) is 0 Å². The van der Waals surface area contributed by atoms with Gasteiger partial charge in [0.05, 0.1) is 12.2 Å². The fraction of sp³-hybridized carbons (Fsp3) is 1.00. The number of hydrogen-bond donors (Lipinski definition) is 0. The predicted molar refractivity (Wildman–Crippen MR) is 104 cm³/mol. The van der Waals surface area contributed by atoms with Crippen LogP contribution in [0.25, 0.3) is 0 Å². The summed E-state index contributed by atoms with van der Waals surface area (Å²) in [6, 6.07) is 1.41. The first-order chi connectivity index (χ1) is 11.5. The van der Waals surface area contributed by atoms with Crippen molar-refractivity contribution >= 4 is 0 Å². The Morgan fingerprint density at radius 1 is 0.958 bits per heavy atom. The minimum absolute atomic E-state index is 0.394. The second kappa shape index (κ2) is 10.1. The van der Waals surface area contributed by atoms with Gasteiger partial charge in [0.25, 0.3) is 0 Å². The highest BCUT2D eigenvalue weighted by Crippen LogP contribution is 2.30. The SMILES string of the molecule is CC(C)OC1CCC(CCCCN2CCN(C(C)C)[C@@H](C)C2)CC1. The van der Waals surface area contributed by atoms with Gasteiger partial charge >= 0.3 is 0 Å². The summed E-state index contributed by atoms with van der Waals surface area (Å²) in [6.07, 6.45) is 10.5. The van der Waals surface area contributed by atoms with Crippen LogP contribution < -0.4 is 0 Å². The third-order valence-electron chi connectivity index (χ3n) is 6.02. The molecule has 0 aromatic rings. The zero-order valence-electron chi connectivity index (χ0n) is 17.0. The molecule has 0 N–H and O–H groups in total. The van der Waals surface area contributed by atoms with Gasteiger partial charge < -0.3 is 9.64 Å². The summed E-state index contributed by atoms with van der Waals surface area (Å²) in [5.41, 5.74) is 0. The van der Waals surface area contributed by atoms with E-state index in [1.807, 2.05) is 0 Å². The number of ether oxygens (including phenoxy) is 1. The molecule has 24 heavy (non-hydrogen) atoms. The largest absolute Gasteiger partial charge is 0.376 e. The number of unbranched alkanes of at least 4 members (excludes halogenated alkanes) is 1. The van der Waals surface area contributed by atoms with Gasteiger partial charge in [0.2, 0.25) is 0 Å². The normalized spacial score (nSPS) is 30.4. The summed E-state index contributed by atoms with van der Waals surface area (Å²) in [5.74, 6) is 0.966. The second-order valence-corrected chi connectivity index (χ2v) is 8.80. The summed E-state index contributed by atoms with van der Waals surface area (Å²) in [6.45, 7) is 16.4. The van der Waals surface area contributed by atoms with Gasteiger partial charge in [-0.3, -0.25) is 4.90 Å². The Bertz CT molecular complexity index is 337. The van der Waals surface area contributed by atoms with E-state index >= 15 is 0 Å². The van der Waals surface area contributed by atoms with Crippen molar-refractivity contribution in [2.75, 3.05) is 26.2 Å². The molecule has 2 fully saturated rings. The fourth-order valence-electron chi connectivity index (χ4n) is 4.73. The maximum absolute atomic E-state index is 5.97. The lowest BCUT2D eigenvalue weighted by Crippen LogP contribution is -2.54. The van der Waals surface area contributed by atoms with E-state index in [9.17, 15) is 0 Å². The van der Waals surface area contributed by atoms with Gasteiger partial charge in [-0.2, -0.15) is 0 Å². The molecule has 1 aliphatic carbocycles. The van der Waals surface area contributed by atoms with Gasteiger partial charge in [0.1, 0.15) is 0 Å². The average Bonchev–Trinajstić information content (AvgIpc) is 2.52. The molecule has 0 unspecified atom stereocenters. The van der Waals surface area contributed by atoms with Gasteiger partial charge in [0.15, 0.2) is 0 Å². The molecule has 2 aliphatic rings. The van der Waals surface area contributed by atoms with Crippen molar-refractivity contribution in [1.82, 2.24) is 9.80 Å². The van der Waals surface area contributed by atoms with Crippen LogP contribution in [0.5, 0.6) is 0 Å². The van der Waals surface area contributed by atoms with Gasteiger partial charge in [0, 0.05) is 31.7 Å². The van der Waals surface area contributed by atoms with E-state index in [2.05, 4.69) is 44.4 Å². The van der Waals surface area contributed by atoms with Crippen LogP contribution in [0.1, 0.15) is 79.6 Å². The van der Waals surface area contributed by atoms with E-state index in [1.54, 1.807) is 0 Å². The minimum Gasteiger partial charge on any atom is -0.376 e. The Kier molecular flexibility index (Phi) is 8.53. The summed E-state index contributed by atoms with van der Waals surface area (Å²) < 4.78 is 5.97. The quantitative estimate of drug-likeness (QED) is 0.604. The van der Waals surface area contributed by atoms with E-state index in [0.29, 0.717) is 18.2 Å². The maximum Gasteiger partial charge on any atom is 0.0578 e. The molecule has 2 rings (SSSR count). The van der Waals surface area contributed by atoms with Gasteiger partial charge in [-0.25, -0.2) is 0 Å². The van der Waals surface area contributed by atoms with Crippen molar-refractivity contribution in [2.45, 2.75) is 104 Å². The first kappa shape index (κ1) is 20.2. The van der Waals surface area contributed by atoms with Gasteiger partial charge in [-0.1, -0.05) is 12.8 Å². The smallest absolute Gasteiger partial charge is 0.0578 e. The van der Waals surface area contributed by atoms with Crippen LogP contribution in [-0.4, -0.2) is 60.3 Å². The highest BCUT2D eigenvalue weighted by molar-refractivity contribution is 4.81. The fourth-order valence-corrected chi connectivity index (χ4v) is 4.73. The third-order valence-corrected chi connectivity index (χ3v) is 6.02. The van der Waals surface area contributed by atoms with Crippen LogP contribution >= 0.6 is 0 Å². The highest BCUT2D eigenvalue weighted by Gasteiger charge is 2.25. The van der Waals surface area contributed by atoms with Crippen molar-refractivity contribution in [1.29, 1.82) is 0 Å². The molecule has 0 aromatic heterocycles. The standard InChI is InChI=1S/C21H42N2O/c1-17(2)23-15-14-22(16-19(23)5)13-7-6-8-20-9-11-21(12-10-20)24-18(3)4/h17-21H,6-16H2,1-5H3/t19-,20?,21?/m0/s1. The first-order valence-corrected chi connectivity index (χ1v) is 10.6. The van der Waals surface area contributed by atoms with E-state index in [4.69, 9.17) is 4.74 Å². The molecule has 0 spiro atoms. The lowest BCUT2D eigenvalue weighted by atomic mass is 9.84. The predicted octanol–water partition coefficient (Wildman–Crippen LogP) is 4.56. The molecular formula is C21H42N2O. The van der Waals surface area contributed by atoms with Gasteiger partial charge in [-0.15, -0.1) is 0 Å². The van der Waals surface area contributed by atoms with Crippen LogP contribution in [0, 0.1) is 5.92 Å². The maximum atomic E-state index is 5.97. The zero-order valence-corrected chi connectivity index (χ0v) is 17.0. The van der Waals surface area contributed by atoms with E-state index in [0.717, 1.165) is 12.0 Å². The Morgan fingerprint density at radius 3 is 2.25 bits per heavy atom. The van der Waals surface area contributed by atoms with Crippen LogP contribution in [-0.2, 0) is 4.74 Å². The molecule has 142 valence electrons. The lowest BCUT2D eigenvalue weighted by molar-refractivity contribution is -0.0204. The van der Waals surface area contributed by atoms with E-state index in [-0.39, 0.29) is 0 Å². The average molecular weight is 339 g/mol. The van der Waals surface area contributed by atoms with Crippen molar-refractivity contribution < 1.29 is 4.74 Å². The molecule has 1 heterocycles. The number of piperazine rings is 1. The Hall–Kier alpha value is -0.120. The highest BCUT2D eigenvalue weighted by atomic mass is 16.5. The van der Waals surface area contributed by atoms with Gasteiger partial charge in [-0.05, 0) is 79.2 Å². The van der Waals surface area contributed by atoms with Crippen molar-refractivity contribution in [2.24, 2.45) is 5.92 Å². The monoisotopic (exact) mass is 338 g/mol. The zero-order chi connectivity index (χ0) is 17.5. The molecule has 3 heteroatoms. The van der Waals surface area contributed by atoms with Crippen LogP contribution in [0.4, 0.5) is 0 Å². The molecule has 1 saturated carbocycles. The number of rotatable bonds is 8. The second-order valence-electron chi connectivity index (χ2n) is 8.80. The van der Waals surface area contributed by atoms with Crippen LogP contribution in [0.3, 0.4) is 0 Å². The Morgan fingerprint density at radius 2 is 1.67 bits per heavy atom. The summed E-state index contributed by atoms with van der Waals surface area (Å²) in [4.78, 5) is 5.34. The summed E-state index contributed by atoms with van der Waals surface area (Å²) in [7, 11) is 0. The summed E-state index contributed by atoms with van der Waals surface area (Å²) >= 11 is 0. The summed E-state index contributed by atoms with van der Waals surface area (Å²) in [5, 5.41) is 0. The first-order valence-electron chi connectivity index (χ1n) is 10.6. The number of nitrogens with zero attached hydrogens (tertiary/aromatic N) is 2. The topological polar surface area (TPSA) is 15.7 Å². The van der Waals surface area contributed by atoms with Crippen molar-refractivity contribution in [3.8, 4) is 0 Å². The molecule has 0 radical (unpaired) electrons. The number of hydrogen-bond acceptors (Lipinski definition) is 3. The molecule has 1 aliphatic heterocycles. The van der Waals surface area contributed by atoms with E-state index < -0.39 is 0 Å². The van der Waals surface area contributed by atoms with Crippen molar-refractivity contribution in [3.05, 3.63) is 0 Å². The minimum atomic E-state index is 0.394. The van der Waals surface area contributed by atoms with Crippen LogP contribution in [0.2, 0.25) is 0 Å². The van der Waals surface area contributed by atoms with E-state index in [1.165, 1.54) is 71.1 Å². The Balaban J connectivity index is 1.53. The van der Waals surface area contributed by atoms with Crippen molar-refractivity contribution in [3.63, 3.8) is 0 Å². The molecular weight excluding hydrogens is 296 g/mol. The Labute approximate surface area is 151 Å².